The highest BCUT2D eigenvalue weighted by molar-refractivity contribution is 6.27. The van der Waals surface area contributed by atoms with Crippen LogP contribution >= 0.6 is 0 Å². The molecular weight excluding hydrogens is 200 g/mol. The Morgan fingerprint density at radius 3 is 1.80 bits per heavy atom. The summed E-state index contributed by atoms with van der Waals surface area (Å²) in [4.78, 5) is 33.2. The van der Waals surface area contributed by atoms with Crippen LogP contribution in [0.2, 0.25) is 0 Å². The van der Waals surface area contributed by atoms with Gasteiger partial charge in [0.2, 0.25) is 0 Å². The van der Waals surface area contributed by atoms with Gasteiger partial charge in [-0.25, -0.2) is 4.90 Å². The van der Waals surface area contributed by atoms with Crippen LogP contribution < -0.4 is 11.3 Å². The van der Waals surface area contributed by atoms with Crippen molar-refractivity contribution in [3.8, 4) is 0 Å². The fraction of sp³-hybridized carbons (Fsp3) is 0. The van der Waals surface area contributed by atoms with E-state index in [2.05, 4.69) is 0 Å². The third-order valence-corrected chi connectivity index (χ3v) is 1.98. The van der Waals surface area contributed by atoms with E-state index in [0.717, 1.165) is 0 Å². The minimum Gasteiger partial charge on any atom is -0.529 e. The van der Waals surface area contributed by atoms with Gasteiger partial charge in [-0.15, -0.1) is 0 Å². The number of rotatable bonds is 0. The number of benzene rings is 1. The molecule has 3 amide bonds. The summed E-state index contributed by atoms with van der Waals surface area (Å²) < 4.78 is 0. The molecule has 1 aromatic rings. The van der Waals surface area contributed by atoms with E-state index in [4.69, 9.17) is 0 Å². The Hall–Kier alpha value is -2.21. The molecule has 0 spiro atoms. The molecule has 0 aliphatic carbocycles. The first-order valence-corrected chi connectivity index (χ1v) is 3.81. The Morgan fingerprint density at radius 1 is 1.07 bits per heavy atom. The monoisotopic (exact) mass is 208 g/mol. The second kappa shape index (κ2) is 3.50. The van der Waals surface area contributed by atoms with Crippen LogP contribution in [0.3, 0.4) is 0 Å². The number of hydrogen-bond acceptors (Lipinski definition) is 4. The van der Waals surface area contributed by atoms with Crippen LogP contribution in [0.15, 0.2) is 24.3 Å². The first kappa shape index (κ1) is 10.9. The standard InChI is InChI=1S/C9H5NO4.H3N/c11-7-5-3-1-2-4-6(5)8(12)10(7)9(13)14;/h1-4H,(H,13,14);1H3. The Balaban J connectivity index is 0.00000112. The summed E-state index contributed by atoms with van der Waals surface area (Å²) in [5.41, 5.74) is 0.198. The molecule has 78 valence electrons. The van der Waals surface area contributed by atoms with E-state index in [1.807, 2.05) is 0 Å². The normalized spacial score (nSPS) is 13.5. The molecule has 1 heterocycles. The molecule has 1 aromatic carbocycles. The summed E-state index contributed by atoms with van der Waals surface area (Å²) >= 11 is 0. The van der Waals surface area contributed by atoms with Gasteiger partial charge in [-0.1, -0.05) is 12.1 Å². The molecule has 0 saturated heterocycles. The van der Waals surface area contributed by atoms with E-state index in [0.29, 0.717) is 0 Å². The van der Waals surface area contributed by atoms with Gasteiger partial charge in [0.25, 0.3) is 11.8 Å². The number of carbonyl (C=O) groups excluding carboxylic acids is 3. The van der Waals surface area contributed by atoms with Gasteiger partial charge in [-0.3, -0.25) is 9.59 Å². The first-order chi connectivity index (χ1) is 6.63. The van der Waals surface area contributed by atoms with Crippen LogP contribution in [0.5, 0.6) is 0 Å². The molecule has 4 N–H and O–H groups in total. The molecule has 0 aromatic heterocycles. The second-order valence-corrected chi connectivity index (χ2v) is 2.76. The second-order valence-electron chi connectivity index (χ2n) is 2.76. The highest BCUT2D eigenvalue weighted by Gasteiger charge is 2.35. The van der Waals surface area contributed by atoms with Crippen LogP contribution in [0.1, 0.15) is 20.7 Å². The third-order valence-electron chi connectivity index (χ3n) is 1.98. The van der Waals surface area contributed by atoms with Crippen molar-refractivity contribution in [3.63, 3.8) is 0 Å². The fourth-order valence-corrected chi connectivity index (χ4v) is 1.36. The van der Waals surface area contributed by atoms with Crippen molar-refractivity contribution in [2.24, 2.45) is 0 Å². The predicted molar refractivity (Wildman–Crippen MR) is 48.3 cm³/mol. The fourth-order valence-electron chi connectivity index (χ4n) is 1.36. The first-order valence-electron chi connectivity index (χ1n) is 3.81. The lowest BCUT2D eigenvalue weighted by Gasteiger charge is -2.12. The molecule has 0 unspecified atom stereocenters. The van der Waals surface area contributed by atoms with Crippen LogP contribution in [0.25, 0.3) is 0 Å². The molecule has 15 heavy (non-hydrogen) atoms. The Kier molecular flexibility index (Phi) is 2.54. The number of nitrogens with zero attached hydrogens (tertiary/aromatic N) is 1. The van der Waals surface area contributed by atoms with E-state index in [9.17, 15) is 19.5 Å². The predicted octanol–water partition coefficient (Wildman–Crippen LogP) is 0.00210. The number of quaternary nitrogens is 1. The highest BCUT2D eigenvalue weighted by atomic mass is 16.4. The van der Waals surface area contributed by atoms with Crippen LogP contribution in [-0.2, 0) is 0 Å². The zero-order valence-electron chi connectivity index (χ0n) is 7.89. The number of carbonyl (C=O) groups is 3. The van der Waals surface area contributed by atoms with Crippen LogP contribution in [0.4, 0.5) is 4.79 Å². The van der Waals surface area contributed by atoms with Gasteiger partial charge in [-0.2, -0.15) is 0 Å². The van der Waals surface area contributed by atoms with Crippen molar-refractivity contribution < 1.29 is 19.5 Å². The molecule has 1 aliphatic heterocycles. The number of fused-ring (bicyclic) bond motifs is 1. The van der Waals surface area contributed by atoms with E-state index < -0.39 is 17.9 Å². The molecule has 0 saturated carbocycles. The van der Waals surface area contributed by atoms with Crippen molar-refractivity contribution in [2.45, 2.75) is 0 Å². The van der Waals surface area contributed by atoms with Crippen LogP contribution in [-0.4, -0.2) is 22.8 Å². The van der Waals surface area contributed by atoms with Crippen molar-refractivity contribution in [1.29, 1.82) is 0 Å². The SMILES string of the molecule is O=C([O-])N1C(=O)c2ccccc2C1=O.[NH4+]. The third kappa shape index (κ3) is 1.36. The Bertz CT molecular complexity index is 420. The smallest absolute Gasteiger partial charge is 0.267 e. The van der Waals surface area contributed by atoms with Gasteiger partial charge < -0.3 is 16.1 Å². The lowest BCUT2D eigenvalue weighted by Crippen LogP contribution is -2.44. The molecule has 0 fully saturated rings. The van der Waals surface area contributed by atoms with Gasteiger partial charge in [0.1, 0.15) is 0 Å². The van der Waals surface area contributed by atoms with E-state index in [-0.39, 0.29) is 22.2 Å². The minimum absolute atomic E-state index is 0. The summed E-state index contributed by atoms with van der Waals surface area (Å²) in [7, 11) is 0. The van der Waals surface area contributed by atoms with Crippen molar-refractivity contribution in [1.82, 2.24) is 11.1 Å². The molecular formula is C9H8N2O4. The summed E-state index contributed by atoms with van der Waals surface area (Å²) in [6.07, 6.45) is -1.80. The summed E-state index contributed by atoms with van der Waals surface area (Å²) in [6, 6.07) is 5.92. The Labute approximate surface area is 84.7 Å². The summed E-state index contributed by atoms with van der Waals surface area (Å²) in [5.74, 6) is -1.68. The molecule has 0 atom stereocenters. The van der Waals surface area contributed by atoms with Gasteiger partial charge in [0, 0.05) is 0 Å². The quantitative estimate of drug-likeness (QED) is 0.604. The number of carboxylic acid groups (broad SMARTS) is 1. The van der Waals surface area contributed by atoms with E-state index in [1.54, 1.807) is 12.1 Å². The Morgan fingerprint density at radius 2 is 1.47 bits per heavy atom. The zero-order chi connectivity index (χ0) is 10.3. The molecule has 2 rings (SSSR count). The van der Waals surface area contributed by atoms with Crippen molar-refractivity contribution >= 4 is 17.9 Å². The average molecular weight is 208 g/mol. The minimum atomic E-state index is -1.80. The lowest BCUT2D eigenvalue weighted by molar-refractivity contribution is -0.258. The number of amides is 3. The molecule has 1 aliphatic rings. The molecule has 6 heteroatoms. The molecule has 0 bridgehead atoms. The van der Waals surface area contributed by atoms with Gasteiger partial charge in [0.15, 0.2) is 6.09 Å². The van der Waals surface area contributed by atoms with Gasteiger partial charge in [0.05, 0.1) is 11.1 Å². The maximum Gasteiger partial charge on any atom is 0.267 e. The average Bonchev–Trinajstić information content (AvgIpc) is 2.41. The number of hydrogen-bond donors (Lipinski definition) is 1. The summed E-state index contributed by atoms with van der Waals surface area (Å²) in [5, 5.41) is 10.5. The lowest BCUT2D eigenvalue weighted by atomic mass is 10.1. The van der Waals surface area contributed by atoms with Crippen LogP contribution in [0, 0.1) is 0 Å². The molecule has 0 radical (unpaired) electrons. The van der Waals surface area contributed by atoms with Gasteiger partial charge >= 0.3 is 0 Å². The van der Waals surface area contributed by atoms with Crippen molar-refractivity contribution in [3.05, 3.63) is 35.4 Å². The van der Waals surface area contributed by atoms with Gasteiger partial charge in [-0.05, 0) is 12.1 Å². The van der Waals surface area contributed by atoms with Crippen molar-refractivity contribution in [2.75, 3.05) is 0 Å². The zero-order valence-corrected chi connectivity index (χ0v) is 7.89. The van der Waals surface area contributed by atoms with E-state index in [1.165, 1.54) is 12.1 Å². The summed E-state index contributed by atoms with van der Waals surface area (Å²) in [6.45, 7) is 0. The number of imide groups is 3. The maximum absolute atomic E-state index is 11.3. The highest BCUT2D eigenvalue weighted by Crippen LogP contribution is 2.21. The maximum atomic E-state index is 11.3. The largest absolute Gasteiger partial charge is 0.529 e. The van der Waals surface area contributed by atoms with E-state index >= 15 is 0 Å². The topological polar surface area (TPSA) is 114 Å². The molecule has 6 nitrogen and oxygen atoms in total.